The van der Waals surface area contributed by atoms with Crippen LogP contribution in [0.2, 0.25) is 0 Å². The highest BCUT2D eigenvalue weighted by atomic mass is 32.1. The molecule has 1 unspecified atom stereocenters. The zero-order valence-electron chi connectivity index (χ0n) is 10.1. The molecule has 0 aliphatic rings. The Labute approximate surface area is 114 Å². The summed E-state index contributed by atoms with van der Waals surface area (Å²) >= 11 is 1.24. The van der Waals surface area contributed by atoms with Gasteiger partial charge in [-0.1, -0.05) is 0 Å². The molecule has 0 aliphatic carbocycles. The van der Waals surface area contributed by atoms with Gasteiger partial charge in [0.25, 0.3) is 0 Å². The summed E-state index contributed by atoms with van der Waals surface area (Å²) in [4.78, 5) is 3.95. The second-order valence-corrected chi connectivity index (χ2v) is 5.12. The third-order valence-corrected chi connectivity index (χ3v) is 3.47. The smallest absolute Gasteiger partial charge is 0.200 e. The Morgan fingerprint density at radius 2 is 1.55 bits per heavy atom. The lowest BCUT2D eigenvalue weighted by atomic mass is 10.0. The van der Waals surface area contributed by atoms with Gasteiger partial charge in [-0.05, 0) is 6.92 Å². The van der Waals surface area contributed by atoms with Crippen LogP contribution in [0.1, 0.15) is 22.4 Å². The van der Waals surface area contributed by atoms with Crippen molar-refractivity contribution in [2.45, 2.75) is 19.4 Å². The third kappa shape index (κ3) is 2.53. The van der Waals surface area contributed by atoms with Crippen LogP contribution in [0.25, 0.3) is 0 Å². The van der Waals surface area contributed by atoms with E-state index in [0.717, 1.165) is 0 Å². The van der Waals surface area contributed by atoms with Gasteiger partial charge in [0.2, 0.25) is 5.82 Å². The quantitative estimate of drug-likeness (QED) is 0.535. The van der Waals surface area contributed by atoms with E-state index in [1.165, 1.54) is 16.7 Å². The Balaban J connectivity index is 2.42. The summed E-state index contributed by atoms with van der Waals surface area (Å²) in [6.45, 7) is 1.68. The molecular formula is C12H8F5NOS. The van der Waals surface area contributed by atoms with Crippen LogP contribution in [-0.4, -0.2) is 10.1 Å². The molecular weight excluding hydrogens is 301 g/mol. The fraction of sp³-hybridized carbons (Fsp3) is 0.250. The van der Waals surface area contributed by atoms with Crippen molar-refractivity contribution in [2.24, 2.45) is 0 Å². The molecule has 8 heteroatoms. The van der Waals surface area contributed by atoms with Gasteiger partial charge in [0, 0.05) is 11.8 Å². The van der Waals surface area contributed by atoms with E-state index in [2.05, 4.69) is 4.98 Å². The molecule has 1 aromatic carbocycles. The molecule has 0 aliphatic heterocycles. The lowest BCUT2D eigenvalue weighted by Gasteiger charge is -2.13. The van der Waals surface area contributed by atoms with E-state index in [1.54, 1.807) is 6.92 Å². The summed E-state index contributed by atoms with van der Waals surface area (Å²) in [5, 5.41) is 11.9. The first-order valence-corrected chi connectivity index (χ1v) is 6.31. The maximum absolute atomic E-state index is 13.5. The van der Waals surface area contributed by atoms with Crippen molar-refractivity contribution in [1.29, 1.82) is 0 Å². The normalized spacial score (nSPS) is 12.8. The van der Waals surface area contributed by atoms with E-state index < -0.39 is 40.8 Å². The second-order valence-electron chi connectivity index (χ2n) is 4.06. The number of nitrogens with zero attached hydrogens (tertiary/aromatic N) is 1. The molecule has 0 spiro atoms. The van der Waals surface area contributed by atoms with Gasteiger partial charge in [-0.3, -0.25) is 0 Å². The van der Waals surface area contributed by atoms with Gasteiger partial charge >= 0.3 is 0 Å². The number of aromatic nitrogens is 1. The molecule has 2 aromatic rings. The van der Waals surface area contributed by atoms with Crippen molar-refractivity contribution >= 4 is 11.3 Å². The van der Waals surface area contributed by atoms with Crippen LogP contribution >= 0.6 is 11.3 Å². The highest BCUT2D eigenvalue weighted by Gasteiger charge is 2.29. The predicted molar refractivity (Wildman–Crippen MR) is 61.7 cm³/mol. The van der Waals surface area contributed by atoms with Crippen molar-refractivity contribution in [3.05, 3.63) is 50.7 Å². The fourth-order valence-corrected chi connectivity index (χ4v) is 2.34. The molecule has 0 amide bonds. The van der Waals surface area contributed by atoms with Gasteiger partial charge in [-0.15, -0.1) is 11.3 Å². The van der Waals surface area contributed by atoms with E-state index in [4.69, 9.17) is 0 Å². The Morgan fingerprint density at radius 3 is 2.00 bits per heavy atom. The number of thiazole rings is 1. The van der Waals surface area contributed by atoms with Gasteiger partial charge in [-0.25, -0.2) is 26.9 Å². The molecule has 2 rings (SSSR count). The summed E-state index contributed by atoms with van der Waals surface area (Å²) in [5.74, 6) is -10.5. The van der Waals surface area contributed by atoms with E-state index in [9.17, 15) is 27.1 Å². The number of rotatable bonds is 3. The van der Waals surface area contributed by atoms with Crippen molar-refractivity contribution in [3.8, 4) is 0 Å². The van der Waals surface area contributed by atoms with Crippen LogP contribution in [0.4, 0.5) is 22.0 Å². The number of hydrogen-bond acceptors (Lipinski definition) is 3. The lowest BCUT2D eigenvalue weighted by Crippen LogP contribution is -2.13. The Bertz CT molecular complexity index is 629. The summed E-state index contributed by atoms with van der Waals surface area (Å²) in [7, 11) is 0. The van der Waals surface area contributed by atoms with E-state index >= 15 is 0 Å². The maximum atomic E-state index is 13.5. The minimum atomic E-state index is -2.25. The number of aliphatic hydroxyl groups excluding tert-OH is 1. The van der Waals surface area contributed by atoms with Crippen molar-refractivity contribution < 1.29 is 27.1 Å². The Hall–Kier alpha value is -1.54. The lowest BCUT2D eigenvalue weighted by molar-refractivity contribution is 0.163. The molecule has 0 fully saturated rings. The average Bonchev–Trinajstić information content (AvgIpc) is 2.79. The van der Waals surface area contributed by atoms with Crippen LogP contribution in [-0.2, 0) is 6.42 Å². The van der Waals surface area contributed by atoms with Gasteiger partial charge in [0.1, 0.15) is 0 Å². The first kappa shape index (κ1) is 14.9. The number of aryl methyl sites for hydroxylation is 1. The first-order chi connectivity index (χ1) is 9.32. The summed E-state index contributed by atoms with van der Waals surface area (Å²) in [6.07, 6.45) is -2.22. The molecule has 20 heavy (non-hydrogen) atoms. The Morgan fingerprint density at radius 1 is 1.05 bits per heavy atom. The SMILES string of the molecule is Cc1nc(CC(O)c2c(F)c(F)c(F)c(F)c2F)cs1. The molecule has 2 nitrogen and oxygen atoms in total. The highest BCUT2D eigenvalue weighted by molar-refractivity contribution is 7.09. The number of benzene rings is 1. The van der Waals surface area contributed by atoms with Gasteiger partial charge in [-0.2, -0.15) is 0 Å². The predicted octanol–water partition coefficient (Wildman–Crippen LogP) is 3.42. The maximum Gasteiger partial charge on any atom is 0.200 e. The molecule has 0 saturated heterocycles. The number of aliphatic hydroxyl groups is 1. The molecule has 0 saturated carbocycles. The minimum absolute atomic E-state index is 0.309. The summed E-state index contributed by atoms with van der Waals surface area (Å²) in [5.41, 5.74) is -0.934. The minimum Gasteiger partial charge on any atom is -0.388 e. The molecule has 1 heterocycles. The van der Waals surface area contributed by atoms with Crippen LogP contribution in [0, 0.1) is 36.0 Å². The zero-order chi connectivity index (χ0) is 15.0. The Kier molecular flexibility index (Phi) is 4.05. The van der Waals surface area contributed by atoms with Crippen LogP contribution in [0.3, 0.4) is 0 Å². The van der Waals surface area contributed by atoms with Crippen molar-refractivity contribution in [1.82, 2.24) is 4.98 Å². The van der Waals surface area contributed by atoms with E-state index in [0.29, 0.717) is 10.7 Å². The van der Waals surface area contributed by atoms with Crippen molar-refractivity contribution in [3.63, 3.8) is 0 Å². The topological polar surface area (TPSA) is 33.1 Å². The fourth-order valence-electron chi connectivity index (χ4n) is 1.72. The van der Waals surface area contributed by atoms with E-state index in [-0.39, 0.29) is 6.42 Å². The zero-order valence-corrected chi connectivity index (χ0v) is 10.9. The molecule has 0 bridgehead atoms. The van der Waals surface area contributed by atoms with Crippen LogP contribution < -0.4 is 0 Å². The summed E-state index contributed by atoms with van der Waals surface area (Å²) < 4.78 is 65.8. The number of halogens is 5. The molecule has 108 valence electrons. The van der Waals surface area contributed by atoms with Gasteiger partial charge < -0.3 is 5.11 Å². The molecule has 1 atom stereocenters. The van der Waals surface area contributed by atoms with Crippen molar-refractivity contribution in [2.75, 3.05) is 0 Å². The van der Waals surface area contributed by atoms with Crippen LogP contribution in [0.15, 0.2) is 5.38 Å². The average molecular weight is 309 g/mol. The largest absolute Gasteiger partial charge is 0.388 e. The number of hydrogen-bond donors (Lipinski definition) is 1. The molecule has 1 N–H and O–H groups in total. The molecule has 1 aromatic heterocycles. The second kappa shape index (κ2) is 5.45. The van der Waals surface area contributed by atoms with Crippen LogP contribution in [0.5, 0.6) is 0 Å². The monoisotopic (exact) mass is 309 g/mol. The first-order valence-electron chi connectivity index (χ1n) is 5.43. The van der Waals surface area contributed by atoms with Gasteiger partial charge in [0.15, 0.2) is 23.3 Å². The molecule has 0 radical (unpaired) electrons. The standard InChI is InChI=1S/C12H8F5NOS/c1-4-18-5(3-20-4)2-6(19)7-8(13)10(15)12(17)11(16)9(7)14/h3,6,19H,2H2,1H3. The summed E-state index contributed by atoms with van der Waals surface area (Å²) in [6, 6.07) is 0. The third-order valence-electron chi connectivity index (χ3n) is 2.65. The highest BCUT2D eigenvalue weighted by Crippen LogP contribution is 2.29. The van der Waals surface area contributed by atoms with Gasteiger partial charge in [0.05, 0.1) is 22.4 Å². The van der Waals surface area contributed by atoms with E-state index in [1.807, 2.05) is 0 Å².